The molecule has 4 N–H and O–H groups in total. The average Bonchev–Trinajstić information content (AvgIpc) is 0.893. The molecule has 0 fully saturated rings. The molecule has 0 aromatic heterocycles. The molecule has 694 valence electrons. The molecule has 0 bridgehead atoms. The van der Waals surface area contributed by atoms with Crippen LogP contribution in [0.4, 0.5) is 0 Å². The number of rotatable bonds is 95. The SMILES string of the molecule is CCCCC/C=C\C/C=C\C/C=C\C/C=C\CCCCCCCCCCCCCCCCCCCCCC(=O)OCC(O)COP(=O)(O)OCC(O)COP(=O)(O)OCC(COC(=O)CCCCCCCCCCCCCCCCCCCCC/C=C\C/C=C\C/C=C\C/C=C\CCCCC)OC(=O)CCCCCCCCCCCCCCC. The van der Waals surface area contributed by atoms with Crippen molar-refractivity contribution >= 4 is 33.6 Å². The number of carbonyl (C=O) groups excluding carboxylic acids is 3. The number of unbranched alkanes of at least 4 members (excludes halogenated alkanes) is 56. The first kappa shape index (κ1) is 115. The van der Waals surface area contributed by atoms with Crippen LogP contribution in [0.2, 0.25) is 0 Å². The summed E-state index contributed by atoms with van der Waals surface area (Å²) in [5.41, 5.74) is 0. The molecule has 16 nitrogen and oxygen atoms in total. The van der Waals surface area contributed by atoms with Gasteiger partial charge in [-0.1, -0.05) is 439 Å². The van der Waals surface area contributed by atoms with Crippen molar-refractivity contribution in [3.05, 3.63) is 97.2 Å². The van der Waals surface area contributed by atoms with E-state index in [0.29, 0.717) is 19.3 Å². The van der Waals surface area contributed by atoms with E-state index in [9.17, 15) is 43.5 Å². The van der Waals surface area contributed by atoms with E-state index in [1.54, 1.807) is 0 Å². The molecule has 0 saturated carbocycles. The lowest BCUT2D eigenvalue weighted by Gasteiger charge is -2.21. The van der Waals surface area contributed by atoms with E-state index < -0.39 is 91.5 Å². The fourth-order valence-corrected chi connectivity index (χ4v) is 15.8. The maximum Gasteiger partial charge on any atom is 0.472 e. The van der Waals surface area contributed by atoms with Crippen molar-refractivity contribution in [2.24, 2.45) is 0 Å². The predicted octanol–water partition coefficient (Wildman–Crippen LogP) is 30.8. The number of carbonyl (C=O) groups is 3. The Morgan fingerprint density at radius 2 is 0.420 bits per heavy atom. The summed E-state index contributed by atoms with van der Waals surface area (Å²) in [6, 6.07) is 0. The van der Waals surface area contributed by atoms with Gasteiger partial charge in [0.05, 0.1) is 26.4 Å². The Hall–Kier alpha value is -3.53. The molecule has 0 aromatic carbocycles. The smallest absolute Gasteiger partial charge is 0.463 e. The molecular weight excluding hydrogens is 1530 g/mol. The van der Waals surface area contributed by atoms with Crippen molar-refractivity contribution in [3.63, 3.8) is 0 Å². The van der Waals surface area contributed by atoms with E-state index in [0.717, 1.165) is 103 Å². The fraction of sp³-hybridized carbons (Fsp3) is 0.812. The van der Waals surface area contributed by atoms with Crippen LogP contribution in [0.1, 0.15) is 470 Å². The molecule has 0 saturated heterocycles. The maximum absolute atomic E-state index is 13.0. The highest BCUT2D eigenvalue weighted by Gasteiger charge is 2.30. The van der Waals surface area contributed by atoms with Gasteiger partial charge in [-0.25, -0.2) is 9.13 Å². The van der Waals surface area contributed by atoms with E-state index in [4.69, 9.17) is 32.3 Å². The predicted molar refractivity (Wildman–Crippen MR) is 501 cm³/mol. The Bertz CT molecular complexity index is 2550. The van der Waals surface area contributed by atoms with Crippen LogP contribution < -0.4 is 0 Å². The second kappa shape index (κ2) is 93.6. The molecule has 0 spiro atoms. The number of aliphatic hydroxyl groups excluding tert-OH is 2. The highest BCUT2D eigenvalue weighted by Crippen LogP contribution is 2.45. The summed E-state index contributed by atoms with van der Waals surface area (Å²) in [5.74, 6) is -1.54. The molecule has 0 heterocycles. The van der Waals surface area contributed by atoms with Gasteiger partial charge in [-0.15, -0.1) is 0 Å². The first-order valence-electron chi connectivity index (χ1n) is 49.5. The Balaban J connectivity index is 4.32. The van der Waals surface area contributed by atoms with E-state index in [-0.39, 0.29) is 19.3 Å². The van der Waals surface area contributed by atoms with Gasteiger partial charge in [-0.2, -0.15) is 0 Å². The van der Waals surface area contributed by atoms with E-state index in [1.165, 1.54) is 308 Å². The largest absolute Gasteiger partial charge is 0.472 e. The molecule has 18 heteroatoms. The van der Waals surface area contributed by atoms with Crippen molar-refractivity contribution in [2.45, 2.75) is 489 Å². The number of esters is 3. The lowest BCUT2D eigenvalue weighted by Crippen LogP contribution is -2.30. The number of hydrogen-bond donors (Lipinski definition) is 4. The second-order valence-electron chi connectivity index (χ2n) is 33.6. The van der Waals surface area contributed by atoms with Crippen molar-refractivity contribution in [3.8, 4) is 0 Å². The highest BCUT2D eigenvalue weighted by atomic mass is 31.2. The van der Waals surface area contributed by atoms with Crippen molar-refractivity contribution in [1.29, 1.82) is 0 Å². The van der Waals surface area contributed by atoms with E-state index in [2.05, 4.69) is 118 Å². The zero-order chi connectivity index (χ0) is 86.5. The van der Waals surface area contributed by atoms with Gasteiger partial charge in [0.25, 0.3) is 0 Å². The molecule has 5 atom stereocenters. The topological polar surface area (TPSA) is 231 Å². The van der Waals surface area contributed by atoms with Crippen molar-refractivity contribution < 1.29 is 75.8 Å². The van der Waals surface area contributed by atoms with Gasteiger partial charge in [-0.3, -0.25) is 32.5 Å². The highest BCUT2D eigenvalue weighted by molar-refractivity contribution is 7.47. The normalized spacial score (nSPS) is 14.1. The summed E-state index contributed by atoms with van der Waals surface area (Å²) in [7, 11) is -9.79. The van der Waals surface area contributed by atoms with Crippen LogP contribution in [-0.4, -0.2) is 95.9 Å². The fourth-order valence-electron chi connectivity index (χ4n) is 14.3. The number of aliphatic hydroxyl groups is 2. The van der Waals surface area contributed by atoms with Gasteiger partial charge in [0, 0.05) is 19.3 Å². The zero-order valence-electron chi connectivity index (χ0n) is 76.8. The Morgan fingerprint density at radius 1 is 0.235 bits per heavy atom. The number of phosphoric ester groups is 2. The minimum Gasteiger partial charge on any atom is -0.463 e. The quantitative estimate of drug-likeness (QED) is 0.0146. The third-order valence-electron chi connectivity index (χ3n) is 21.8. The Kier molecular flexibility index (Phi) is 90.8. The van der Waals surface area contributed by atoms with E-state index in [1.807, 2.05) is 0 Å². The molecule has 0 rings (SSSR count). The lowest BCUT2D eigenvalue weighted by molar-refractivity contribution is -0.161. The second-order valence-corrected chi connectivity index (χ2v) is 36.5. The molecule has 119 heavy (non-hydrogen) atoms. The van der Waals surface area contributed by atoms with Crippen molar-refractivity contribution in [2.75, 3.05) is 39.6 Å². The molecule has 0 aromatic rings. The standard InChI is InChI=1S/C101H184O16P2/c1-4-7-10-13-16-19-22-25-27-29-31-33-35-37-39-41-43-45-47-49-51-53-55-57-59-61-63-65-67-70-72-75-78-81-84-87-99(104)111-90-96(102)91-113-118(107,108)114-92-97(103)93-115-119(109,110)116-95-98(117-101(106)89-86-83-80-77-74-69-24-21-18-15-12-9-6-3)94-112-100(105)88-85-82-79-76-73-71-68-66-64-62-60-58-56-54-52-50-48-46-44-42-40-38-36-34-32-30-28-26-23-20-17-14-11-8-5-2/h16-17,19-20,25-28,31-34,37-40,96-98,102-103H,4-15,18,21-24,29-30,35-36,41-95H2,1-3H3,(H,107,108)(H,109,110)/b19-16-,20-17-,27-25-,28-26-,33-31-,34-32-,39-37-,40-38-. The van der Waals surface area contributed by atoms with Crippen LogP contribution in [0.25, 0.3) is 0 Å². The van der Waals surface area contributed by atoms with Crippen LogP contribution in [0.15, 0.2) is 97.2 Å². The van der Waals surface area contributed by atoms with Gasteiger partial charge in [0.2, 0.25) is 0 Å². The third-order valence-corrected chi connectivity index (χ3v) is 23.7. The first-order chi connectivity index (χ1) is 58.2. The van der Waals surface area contributed by atoms with Crippen LogP contribution >= 0.6 is 15.6 Å². The third kappa shape index (κ3) is 95.0. The first-order valence-corrected chi connectivity index (χ1v) is 52.5. The minimum absolute atomic E-state index is 0.112. The number of ether oxygens (including phenoxy) is 3. The summed E-state index contributed by atoms with van der Waals surface area (Å²) >= 11 is 0. The Morgan fingerprint density at radius 3 is 0.681 bits per heavy atom. The molecule has 0 aliphatic carbocycles. The van der Waals surface area contributed by atoms with E-state index >= 15 is 0 Å². The molecule has 0 amide bonds. The summed E-state index contributed by atoms with van der Waals surface area (Å²) in [4.78, 5) is 58.9. The molecule has 0 radical (unpaired) electrons. The maximum atomic E-state index is 13.0. The average molecular weight is 1720 g/mol. The number of allylic oxidation sites excluding steroid dienone is 16. The Labute approximate surface area is 730 Å². The van der Waals surface area contributed by atoms with Crippen LogP contribution in [-0.2, 0) is 55.8 Å². The summed E-state index contributed by atoms with van der Waals surface area (Å²) in [6.07, 6.45) is 114. The minimum atomic E-state index is -4.93. The summed E-state index contributed by atoms with van der Waals surface area (Å²) in [5, 5.41) is 20.7. The van der Waals surface area contributed by atoms with Gasteiger partial charge in [-0.05, 0) is 109 Å². The summed E-state index contributed by atoms with van der Waals surface area (Å²) < 4.78 is 61.5. The monoisotopic (exact) mass is 1720 g/mol. The lowest BCUT2D eigenvalue weighted by atomic mass is 10.0. The van der Waals surface area contributed by atoms with Crippen LogP contribution in [0.5, 0.6) is 0 Å². The summed E-state index contributed by atoms with van der Waals surface area (Å²) in [6.45, 7) is 2.72. The van der Waals surface area contributed by atoms with Gasteiger partial charge >= 0.3 is 33.6 Å². The number of phosphoric acid groups is 2. The van der Waals surface area contributed by atoms with Crippen LogP contribution in [0, 0.1) is 0 Å². The molecule has 0 aliphatic rings. The molecule has 5 unspecified atom stereocenters. The van der Waals surface area contributed by atoms with Gasteiger partial charge < -0.3 is 34.2 Å². The molecular formula is C101H184O16P2. The van der Waals surface area contributed by atoms with Gasteiger partial charge in [0.15, 0.2) is 6.10 Å². The molecule has 0 aliphatic heterocycles. The van der Waals surface area contributed by atoms with Crippen LogP contribution in [0.3, 0.4) is 0 Å². The van der Waals surface area contributed by atoms with Gasteiger partial charge in [0.1, 0.15) is 25.4 Å². The zero-order valence-corrected chi connectivity index (χ0v) is 78.6. The number of hydrogen-bond acceptors (Lipinski definition) is 14. The van der Waals surface area contributed by atoms with Crippen molar-refractivity contribution in [1.82, 2.24) is 0 Å².